The number of hydrogen-bond donors (Lipinski definition) is 3. The number of aliphatic hydroxyl groups is 3. The van der Waals surface area contributed by atoms with Gasteiger partial charge in [0, 0.05) is 18.9 Å². The summed E-state index contributed by atoms with van der Waals surface area (Å²) in [4.78, 5) is 24.6. The molecular formula is C40H60O7. The van der Waals surface area contributed by atoms with Crippen molar-refractivity contribution in [2.24, 2.45) is 34.5 Å². The zero-order valence-electron chi connectivity index (χ0n) is 29.3. The topological polar surface area (TPSA) is 113 Å². The van der Waals surface area contributed by atoms with Gasteiger partial charge in [-0.25, -0.2) is 4.79 Å². The zero-order chi connectivity index (χ0) is 33.8. The number of aryl methyl sites for hydroxylation is 1. The van der Waals surface area contributed by atoms with Crippen LogP contribution in [0.1, 0.15) is 123 Å². The number of carbonyl (C=O) groups is 2. The highest BCUT2D eigenvalue weighted by atomic mass is 16.5. The molecule has 7 heteroatoms. The molecule has 3 fully saturated rings. The Morgan fingerprint density at radius 1 is 1.06 bits per heavy atom. The van der Waals surface area contributed by atoms with Crippen LogP contribution in [0.25, 0.3) is 0 Å². The van der Waals surface area contributed by atoms with Crippen LogP contribution in [0.3, 0.4) is 0 Å². The molecule has 47 heavy (non-hydrogen) atoms. The molecule has 0 bridgehead atoms. The molecule has 1 aliphatic heterocycles. The molecule has 3 saturated carbocycles. The molecule has 4 aliphatic rings. The second-order valence-electron chi connectivity index (χ2n) is 16.0. The van der Waals surface area contributed by atoms with Gasteiger partial charge in [-0.05, 0) is 105 Å². The summed E-state index contributed by atoms with van der Waals surface area (Å²) in [7, 11) is 0. The molecule has 9 atom stereocenters. The Bertz CT molecular complexity index is 1240. The molecule has 9 unspecified atom stereocenters. The molecule has 3 N–H and O–H groups in total. The van der Waals surface area contributed by atoms with Crippen LogP contribution in [-0.4, -0.2) is 57.8 Å². The average Bonchev–Trinajstić information content (AvgIpc) is 3.48. The van der Waals surface area contributed by atoms with Crippen LogP contribution in [0.15, 0.2) is 42.0 Å². The summed E-state index contributed by atoms with van der Waals surface area (Å²) < 4.78 is 11.4. The van der Waals surface area contributed by atoms with Gasteiger partial charge in [0.05, 0.1) is 23.2 Å². The molecule has 1 heterocycles. The molecule has 5 rings (SSSR count). The first-order valence-corrected chi connectivity index (χ1v) is 18.6. The highest BCUT2D eigenvalue weighted by Gasteiger charge is 2.74. The minimum atomic E-state index is -1.45. The molecule has 0 spiro atoms. The van der Waals surface area contributed by atoms with Crippen LogP contribution in [0.5, 0.6) is 0 Å². The van der Waals surface area contributed by atoms with Gasteiger partial charge in [0.2, 0.25) is 0 Å². The molecule has 0 amide bonds. The third kappa shape index (κ3) is 7.23. The van der Waals surface area contributed by atoms with Gasteiger partial charge in [-0.15, -0.1) is 0 Å². The first kappa shape index (κ1) is 36.1. The molecule has 1 aromatic rings. The van der Waals surface area contributed by atoms with Crippen molar-refractivity contribution in [3.63, 3.8) is 0 Å². The van der Waals surface area contributed by atoms with Crippen LogP contribution in [0.4, 0.5) is 0 Å². The summed E-state index contributed by atoms with van der Waals surface area (Å²) in [6.07, 6.45) is 11.5. The van der Waals surface area contributed by atoms with Crippen molar-refractivity contribution in [1.82, 2.24) is 0 Å². The summed E-state index contributed by atoms with van der Waals surface area (Å²) in [6.45, 7) is 8.17. The monoisotopic (exact) mass is 652 g/mol. The minimum absolute atomic E-state index is 0.210. The van der Waals surface area contributed by atoms with E-state index in [4.69, 9.17) is 9.47 Å². The van der Waals surface area contributed by atoms with Gasteiger partial charge >= 0.3 is 11.9 Å². The van der Waals surface area contributed by atoms with E-state index in [1.807, 2.05) is 13.0 Å². The Balaban J connectivity index is 1.50. The molecule has 0 radical (unpaired) electrons. The number of hydrogen-bond acceptors (Lipinski definition) is 7. The van der Waals surface area contributed by atoms with Gasteiger partial charge in [0.25, 0.3) is 0 Å². The number of esters is 2. The maximum absolute atomic E-state index is 13.3. The van der Waals surface area contributed by atoms with Crippen LogP contribution >= 0.6 is 0 Å². The van der Waals surface area contributed by atoms with Crippen LogP contribution < -0.4 is 0 Å². The van der Waals surface area contributed by atoms with Crippen molar-refractivity contribution in [3.05, 3.63) is 47.5 Å². The maximum Gasteiger partial charge on any atom is 0.331 e. The van der Waals surface area contributed by atoms with Gasteiger partial charge in [-0.3, -0.25) is 4.79 Å². The largest absolute Gasteiger partial charge is 0.462 e. The van der Waals surface area contributed by atoms with Crippen molar-refractivity contribution in [1.29, 1.82) is 0 Å². The van der Waals surface area contributed by atoms with E-state index in [1.54, 1.807) is 0 Å². The van der Waals surface area contributed by atoms with Crippen LogP contribution in [0, 0.1) is 34.5 Å². The quantitative estimate of drug-likeness (QED) is 0.195. The first-order chi connectivity index (χ1) is 22.4. The standard InChI is InChI=1S/C40H60O7/c1-27(12-11-15-30-13-7-5-8-14-30)18-19-34(42)40-35(43)21-22-38(4,32-16-9-6-10-17-32)37(40)33(47-29(3)41)24-28(2)39(40,45)23-20-31-25-36(44)46-26-31/h5,7-8,13-14,25,27-28,32-35,37,42-43,45H,6,9-12,15-24,26H2,1-4H3. The van der Waals surface area contributed by atoms with Gasteiger partial charge < -0.3 is 24.8 Å². The smallest absolute Gasteiger partial charge is 0.331 e. The van der Waals surface area contributed by atoms with E-state index in [-0.39, 0.29) is 29.9 Å². The van der Waals surface area contributed by atoms with Gasteiger partial charge in [0.15, 0.2) is 0 Å². The van der Waals surface area contributed by atoms with Gasteiger partial charge in [0.1, 0.15) is 12.7 Å². The van der Waals surface area contributed by atoms with E-state index in [1.165, 1.54) is 25.0 Å². The molecule has 3 aliphatic carbocycles. The number of fused-ring (bicyclic) bond motifs is 1. The van der Waals surface area contributed by atoms with Crippen molar-refractivity contribution < 1.29 is 34.4 Å². The minimum Gasteiger partial charge on any atom is -0.462 e. The van der Waals surface area contributed by atoms with Gasteiger partial charge in [-0.2, -0.15) is 0 Å². The SMILES string of the molecule is CC(=O)OC1CC(C)C(O)(CCC2=CC(=O)OC2)C2(C(O)CCC(C)CCCc3ccccc3)C(O)CCC(C)(C3CCCCC3)C12. The summed E-state index contributed by atoms with van der Waals surface area (Å²) in [5, 5.41) is 38.3. The lowest BCUT2D eigenvalue weighted by Gasteiger charge is -2.70. The number of rotatable bonds is 13. The fraction of sp³-hybridized carbons (Fsp3) is 0.750. The van der Waals surface area contributed by atoms with Crippen LogP contribution in [0.2, 0.25) is 0 Å². The highest BCUT2D eigenvalue weighted by Crippen LogP contribution is 2.69. The lowest BCUT2D eigenvalue weighted by atomic mass is 9.37. The Hall–Kier alpha value is -2.22. The van der Waals surface area contributed by atoms with E-state index in [0.29, 0.717) is 43.9 Å². The predicted molar refractivity (Wildman–Crippen MR) is 182 cm³/mol. The highest BCUT2D eigenvalue weighted by molar-refractivity contribution is 5.85. The van der Waals surface area contributed by atoms with Crippen molar-refractivity contribution in [3.8, 4) is 0 Å². The zero-order valence-corrected chi connectivity index (χ0v) is 29.3. The maximum atomic E-state index is 13.3. The number of aliphatic hydroxyl groups excluding tert-OH is 2. The number of cyclic esters (lactones) is 1. The number of benzene rings is 1. The fourth-order valence-corrected chi connectivity index (χ4v) is 10.8. The molecule has 7 nitrogen and oxygen atoms in total. The van der Waals surface area contributed by atoms with Crippen molar-refractivity contribution in [2.75, 3.05) is 6.61 Å². The van der Waals surface area contributed by atoms with E-state index in [0.717, 1.165) is 63.4 Å². The lowest BCUT2D eigenvalue weighted by Crippen LogP contribution is -2.77. The second kappa shape index (κ2) is 15.1. The first-order valence-electron chi connectivity index (χ1n) is 18.6. The predicted octanol–water partition coefficient (Wildman–Crippen LogP) is 7.10. The number of ether oxygens (including phenoxy) is 2. The Kier molecular flexibility index (Phi) is 11.6. The Morgan fingerprint density at radius 3 is 2.45 bits per heavy atom. The Labute approximate surface area is 282 Å². The van der Waals surface area contributed by atoms with E-state index in [9.17, 15) is 24.9 Å². The van der Waals surface area contributed by atoms with Gasteiger partial charge in [-0.1, -0.05) is 76.8 Å². The molecular weight excluding hydrogens is 592 g/mol. The third-order valence-corrected chi connectivity index (χ3v) is 13.1. The summed E-state index contributed by atoms with van der Waals surface area (Å²) in [6, 6.07) is 10.5. The van der Waals surface area contributed by atoms with Crippen molar-refractivity contribution >= 4 is 11.9 Å². The van der Waals surface area contributed by atoms with E-state index < -0.39 is 35.2 Å². The normalized spacial score (nSPS) is 35.8. The second-order valence-corrected chi connectivity index (χ2v) is 16.0. The summed E-state index contributed by atoms with van der Waals surface area (Å²) >= 11 is 0. The average molecular weight is 653 g/mol. The molecule has 262 valence electrons. The molecule has 0 aromatic heterocycles. The molecule has 1 aromatic carbocycles. The fourth-order valence-electron chi connectivity index (χ4n) is 10.8. The van der Waals surface area contributed by atoms with E-state index >= 15 is 0 Å². The summed E-state index contributed by atoms with van der Waals surface area (Å²) in [5.41, 5.74) is -0.931. The molecule has 0 saturated heterocycles. The summed E-state index contributed by atoms with van der Waals surface area (Å²) in [5.74, 6) is -0.778. The Morgan fingerprint density at radius 2 is 1.79 bits per heavy atom. The number of carbonyl (C=O) groups excluding carboxylic acids is 2. The lowest BCUT2D eigenvalue weighted by molar-refractivity contribution is -0.327. The van der Waals surface area contributed by atoms with Crippen LogP contribution in [-0.2, 0) is 25.5 Å². The van der Waals surface area contributed by atoms with Crippen molar-refractivity contribution in [2.45, 2.75) is 148 Å². The third-order valence-electron chi connectivity index (χ3n) is 13.1. The van der Waals surface area contributed by atoms with E-state index in [2.05, 4.69) is 38.1 Å².